The van der Waals surface area contributed by atoms with Crippen molar-refractivity contribution in [1.82, 2.24) is 0 Å². The topological polar surface area (TPSA) is 17.1 Å². The molecule has 0 aliphatic carbocycles. The molecular weight excluding hydrogens is 158 g/mol. The van der Waals surface area contributed by atoms with Gasteiger partial charge in [-0.15, -0.1) is 0 Å². The zero-order valence-corrected chi connectivity index (χ0v) is 4.21. The third-order valence-corrected chi connectivity index (χ3v) is 0.321. The minimum Gasteiger partial charge on any atom is -0.296 e. The van der Waals surface area contributed by atoms with E-state index < -0.39 is 11.1 Å². The van der Waals surface area contributed by atoms with Gasteiger partial charge in [-0.25, -0.2) is 0 Å². The second-order valence-electron chi connectivity index (χ2n) is 0.659. The van der Waals surface area contributed by atoms with Gasteiger partial charge in [-0.05, 0) is 15.9 Å². The quantitative estimate of drug-likeness (QED) is 0.414. The van der Waals surface area contributed by atoms with E-state index in [0.29, 0.717) is 0 Å². The van der Waals surface area contributed by atoms with E-state index in [9.17, 15) is 8.78 Å². The van der Waals surface area contributed by atoms with Crippen LogP contribution in [-0.2, 0) is 4.79 Å². The average molecular weight is 159 g/mol. The van der Waals surface area contributed by atoms with E-state index in [-0.39, 0.29) is 0 Å². The molecule has 0 saturated heterocycles. The van der Waals surface area contributed by atoms with Gasteiger partial charge in [-0.2, -0.15) is 8.78 Å². The van der Waals surface area contributed by atoms with Gasteiger partial charge in [0.2, 0.25) is 0 Å². The molecule has 0 amide bonds. The van der Waals surface area contributed by atoms with E-state index in [2.05, 4.69) is 0 Å². The lowest BCUT2D eigenvalue weighted by molar-refractivity contribution is -0.118. The number of rotatable bonds is 1. The number of hydrogen-bond acceptors (Lipinski definition) is 1. The number of aldehydes is 1. The van der Waals surface area contributed by atoms with Crippen molar-refractivity contribution in [2.75, 3.05) is 0 Å². The molecule has 36 valence electrons. The summed E-state index contributed by atoms with van der Waals surface area (Å²) in [7, 11) is 0. The Bertz CT molecular complexity index is 57.1. The highest BCUT2D eigenvalue weighted by molar-refractivity contribution is 9.10. The summed E-state index contributed by atoms with van der Waals surface area (Å²) in [6.07, 6.45) is -0.479. The number of carbonyl (C=O) groups is 1. The van der Waals surface area contributed by atoms with Crippen LogP contribution in [0.15, 0.2) is 0 Å². The van der Waals surface area contributed by atoms with Crippen LogP contribution in [0.5, 0.6) is 0 Å². The second-order valence-corrected chi connectivity index (χ2v) is 1.72. The van der Waals surface area contributed by atoms with Crippen LogP contribution in [0.1, 0.15) is 0 Å². The molecule has 6 heavy (non-hydrogen) atoms. The summed E-state index contributed by atoms with van der Waals surface area (Å²) >= 11 is 1.78. The predicted octanol–water partition coefficient (Wildman–Crippen LogP) is 1.17. The highest BCUT2D eigenvalue weighted by atomic mass is 79.9. The highest BCUT2D eigenvalue weighted by Crippen LogP contribution is 2.16. The van der Waals surface area contributed by atoms with Crippen molar-refractivity contribution < 1.29 is 13.6 Å². The Morgan fingerprint density at radius 3 is 1.83 bits per heavy atom. The molecule has 1 nitrogen and oxygen atoms in total. The molecule has 0 spiro atoms. The van der Waals surface area contributed by atoms with Crippen molar-refractivity contribution in [2.24, 2.45) is 0 Å². The van der Waals surface area contributed by atoms with Gasteiger partial charge in [0.15, 0.2) is 6.29 Å². The first-order valence-corrected chi connectivity index (χ1v) is 1.88. The van der Waals surface area contributed by atoms with Crippen molar-refractivity contribution in [3.63, 3.8) is 0 Å². The standard InChI is InChI=1S/C2HBrF2O/c3-2(4,5)1-6/h1H. The van der Waals surface area contributed by atoms with Crippen molar-refractivity contribution in [3.8, 4) is 0 Å². The zero-order valence-electron chi connectivity index (χ0n) is 2.62. The first kappa shape index (κ1) is 6.01. The summed E-state index contributed by atoms with van der Waals surface area (Å²) < 4.78 is 22.0. The maximum atomic E-state index is 11.0. The van der Waals surface area contributed by atoms with Crippen LogP contribution in [0.3, 0.4) is 0 Å². The molecule has 0 bridgehead atoms. The Labute approximate surface area is 41.5 Å². The summed E-state index contributed by atoms with van der Waals surface area (Å²) in [4.78, 5) is 5.70. The Hall–Kier alpha value is 0.01000. The Morgan fingerprint density at radius 2 is 1.83 bits per heavy atom. The fraction of sp³-hybridized carbons (Fsp3) is 0.500. The molecule has 0 atom stereocenters. The number of hydrogen-bond donors (Lipinski definition) is 0. The molecule has 0 fully saturated rings. The average Bonchev–Trinajstić information content (AvgIpc) is 1.35. The largest absolute Gasteiger partial charge is 0.355 e. The van der Waals surface area contributed by atoms with Crippen molar-refractivity contribution in [1.29, 1.82) is 0 Å². The third-order valence-electron chi connectivity index (χ3n) is 0.134. The third kappa shape index (κ3) is 4.01. The van der Waals surface area contributed by atoms with Crippen LogP contribution in [0.2, 0.25) is 0 Å². The molecule has 0 aromatic rings. The normalized spacial score (nSPS) is 11.2. The van der Waals surface area contributed by atoms with Gasteiger partial charge in [0.1, 0.15) is 0 Å². The lowest BCUT2D eigenvalue weighted by Crippen LogP contribution is -2.04. The second kappa shape index (κ2) is 1.64. The fourth-order valence-corrected chi connectivity index (χ4v) is 0. The lowest BCUT2D eigenvalue weighted by atomic mass is 10.8. The number of alkyl halides is 3. The molecule has 0 radical (unpaired) electrons. The number of halogens is 3. The summed E-state index contributed by atoms with van der Waals surface area (Å²) in [5.41, 5.74) is 0. The van der Waals surface area contributed by atoms with Gasteiger partial charge in [-0.1, -0.05) is 0 Å². The molecule has 0 aliphatic rings. The molecule has 0 aliphatic heterocycles. The van der Waals surface area contributed by atoms with Gasteiger partial charge in [0.25, 0.3) is 0 Å². The molecule has 0 N–H and O–H groups in total. The van der Waals surface area contributed by atoms with E-state index >= 15 is 0 Å². The molecular formula is C2HBrF2O. The molecule has 0 aromatic carbocycles. The van der Waals surface area contributed by atoms with Crippen molar-refractivity contribution >= 4 is 22.2 Å². The lowest BCUT2D eigenvalue weighted by Gasteiger charge is -1.90. The smallest absolute Gasteiger partial charge is 0.296 e. The summed E-state index contributed by atoms with van der Waals surface area (Å²) in [5, 5.41) is 0. The Morgan fingerprint density at radius 1 is 1.67 bits per heavy atom. The maximum Gasteiger partial charge on any atom is 0.355 e. The van der Waals surface area contributed by atoms with Crippen LogP contribution < -0.4 is 0 Å². The Kier molecular flexibility index (Phi) is 1.64. The van der Waals surface area contributed by atoms with E-state index in [4.69, 9.17) is 4.79 Å². The van der Waals surface area contributed by atoms with E-state index in [1.165, 1.54) is 0 Å². The van der Waals surface area contributed by atoms with E-state index in [1.807, 2.05) is 0 Å². The molecule has 0 aromatic heterocycles. The first-order valence-electron chi connectivity index (χ1n) is 1.09. The van der Waals surface area contributed by atoms with Crippen LogP contribution in [0.25, 0.3) is 0 Å². The van der Waals surface area contributed by atoms with Gasteiger partial charge in [0.05, 0.1) is 0 Å². The van der Waals surface area contributed by atoms with Gasteiger partial charge >= 0.3 is 4.83 Å². The molecule has 0 unspecified atom stereocenters. The summed E-state index contributed by atoms with van der Waals surface area (Å²) in [6, 6.07) is 0. The SMILES string of the molecule is O=CC(F)(F)Br. The van der Waals surface area contributed by atoms with Crippen LogP contribution in [0, 0.1) is 0 Å². The monoisotopic (exact) mass is 158 g/mol. The number of carbonyl (C=O) groups excluding carboxylic acids is 1. The van der Waals surface area contributed by atoms with Crippen LogP contribution in [-0.4, -0.2) is 11.1 Å². The summed E-state index contributed by atoms with van der Waals surface area (Å²) in [5.74, 6) is 0. The molecule has 0 rings (SSSR count). The van der Waals surface area contributed by atoms with Gasteiger partial charge in [0, 0.05) is 0 Å². The van der Waals surface area contributed by atoms with Crippen LogP contribution >= 0.6 is 15.9 Å². The van der Waals surface area contributed by atoms with E-state index in [1.54, 1.807) is 15.9 Å². The maximum absolute atomic E-state index is 11.0. The van der Waals surface area contributed by atoms with Gasteiger partial charge in [-0.3, -0.25) is 4.79 Å². The summed E-state index contributed by atoms with van der Waals surface area (Å²) in [6.45, 7) is 0. The fourth-order valence-electron chi connectivity index (χ4n) is 0. The molecule has 0 heterocycles. The van der Waals surface area contributed by atoms with E-state index in [0.717, 1.165) is 0 Å². The molecule has 0 saturated carbocycles. The zero-order chi connectivity index (χ0) is 5.21. The Balaban J connectivity index is 3.45. The minimum absolute atomic E-state index is 0.479. The predicted molar refractivity (Wildman–Crippen MR) is 19.9 cm³/mol. The minimum atomic E-state index is -3.33. The van der Waals surface area contributed by atoms with Crippen molar-refractivity contribution in [3.05, 3.63) is 0 Å². The highest BCUT2D eigenvalue weighted by Gasteiger charge is 2.20. The van der Waals surface area contributed by atoms with Crippen molar-refractivity contribution in [2.45, 2.75) is 4.83 Å². The van der Waals surface area contributed by atoms with Crippen LogP contribution in [0.4, 0.5) is 8.78 Å². The first-order chi connectivity index (χ1) is 2.56. The molecule has 4 heteroatoms. The van der Waals surface area contributed by atoms with Gasteiger partial charge < -0.3 is 0 Å².